The van der Waals surface area contributed by atoms with Gasteiger partial charge in [0.25, 0.3) is 0 Å². The fraction of sp³-hybridized carbons (Fsp3) is 0.400. The maximum Gasteiger partial charge on any atom is 0.249 e. The zero-order chi connectivity index (χ0) is 15.9. The molecule has 1 aromatic carbocycles. The zero-order valence-corrected chi connectivity index (χ0v) is 13.5. The minimum absolute atomic E-state index is 0.479. The predicted octanol–water partition coefficient (Wildman–Crippen LogP) is 1.65. The largest absolute Gasteiger partial charge is 0.378 e. The van der Waals surface area contributed by atoms with E-state index in [4.69, 9.17) is 0 Å². The van der Waals surface area contributed by atoms with Gasteiger partial charge in [0.1, 0.15) is 0 Å². The Hall–Kier alpha value is -2.41. The highest BCUT2D eigenvalue weighted by molar-refractivity contribution is 5.59. The van der Waals surface area contributed by atoms with E-state index in [0.717, 1.165) is 24.5 Å². The van der Waals surface area contributed by atoms with Gasteiger partial charge in [0.15, 0.2) is 5.82 Å². The molecule has 1 heterocycles. The molecule has 1 aromatic heterocycles. The summed E-state index contributed by atoms with van der Waals surface area (Å²) in [5.41, 5.74) is 2.07. The lowest BCUT2D eigenvalue weighted by atomic mass is 10.2. The van der Waals surface area contributed by atoms with Crippen LogP contribution in [-0.2, 0) is 0 Å². The van der Waals surface area contributed by atoms with Gasteiger partial charge in [-0.2, -0.15) is 10.1 Å². The Morgan fingerprint density at radius 1 is 1.05 bits per heavy atom. The molecule has 0 fully saturated rings. The van der Waals surface area contributed by atoms with Crippen molar-refractivity contribution in [2.75, 3.05) is 56.8 Å². The summed E-state index contributed by atoms with van der Waals surface area (Å²) in [6.45, 7) is 1.74. The Morgan fingerprint density at radius 3 is 2.41 bits per heavy atom. The smallest absolute Gasteiger partial charge is 0.249 e. The highest BCUT2D eigenvalue weighted by Gasteiger charge is 2.02. The molecule has 2 aromatic rings. The van der Waals surface area contributed by atoms with Gasteiger partial charge in [-0.05, 0) is 38.4 Å². The van der Waals surface area contributed by atoms with Gasteiger partial charge >= 0.3 is 0 Å². The molecular weight excluding hydrogens is 278 g/mol. The number of anilines is 4. The number of rotatable bonds is 7. The third-order valence-corrected chi connectivity index (χ3v) is 3.06. The molecule has 2 rings (SSSR count). The normalized spacial score (nSPS) is 10.6. The summed E-state index contributed by atoms with van der Waals surface area (Å²) in [4.78, 5) is 8.55. The number of hydrogen-bond acceptors (Lipinski definition) is 7. The third kappa shape index (κ3) is 4.85. The maximum absolute atomic E-state index is 4.40. The van der Waals surface area contributed by atoms with E-state index in [0.29, 0.717) is 11.8 Å². The predicted molar refractivity (Wildman–Crippen MR) is 90.9 cm³/mol. The summed E-state index contributed by atoms with van der Waals surface area (Å²) in [6, 6.07) is 8.06. The lowest BCUT2D eigenvalue weighted by Crippen LogP contribution is -2.21. The number of aromatic nitrogens is 3. The topological polar surface area (TPSA) is 69.2 Å². The standard InChI is InChI=1S/C15H23N7/c1-21(2)10-9-16-14-11-17-20-15(19-14)18-12-5-7-13(8-6-12)22(3)4/h5-8,11H,9-10H2,1-4H3,(H2,16,18,19,20). The van der Waals surface area contributed by atoms with Crippen molar-refractivity contribution in [3.63, 3.8) is 0 Å². The van der Waals surface area contributed by atoms with E-state index in [1.165, 1.54) is 0 Å². The van der Waals surface area contributed by atoms with E-state index >= 15 is 0 Å². The highest BCUT2D eigenvalue weighted by atomic mass is 15.3. The van der Waals surface area contributed by atoms with Gasteiger partial charge in [0, 0.05) is 38.6 Å². The van der Waals surface area contributed by atoms with Gasteiger partial charge < -0.3 is 20.4 Å². The van der Waals surface area contributed by atoms with E-state index < -0.39 is 0 Å². The summed E-state index contributed by atoms with van der Waals surface area (Å²) in [6.07, 6.45) is 1.62. The molecule has 7 nitrogen and oxygen atoms in total. The minimum Gasteiger partial charge on any atom is -0.378 e. The molecule has 22 heavy (non-hydrogen) atoms. The summed E-state index contributed by atoms with van der Waals surface area (Å²) in [5.74, 6) is 1.19. The Bertz CT molecular complexity index is 581. The average Bonchev–Trinajstić information content (AvgIpc) is 2.48. The fourth-order valence-electron chi connectivity index (χ4n) is 1.82. The van der Waals surface area contributed by atoms with Crippen molar-refractivity contribution >= 4 is 23.1 Å². The van der Waals surface area contributed by atoms with Crippen molar-refractivity contribution in [2.45, 2.75) is 0 Å². The first-order chi connectivity index (χ1) is 10.5. The Morgan fingerprint density at radius 2 is 1.77 bits per heavy atom. The summed E-state index contributed by atoms with van der Waals surface area (Å²) < 4.78 is 0. The van der Waals surface area contributed by atoms with Gasteiger partial charge in [-0.1, -0.05) is 0 Å². The molecule has 7 heteroatoms. The van der Waals surface area contributed by atoms with Crippen LogP contribution in [0.5, 0.6) is 0 Å². The first-order valence-electron chi connectivity index (χ1n) is 7.17. The van der Waals surface area contributed by atoms with Gasteiger partial charge in [0.2, 0.25) is 5.95 Å². The number of nitrogens with one attached hydrogen (secondary N) is 2. The van der Waals surface area contributed by atoms with Crippen molar-refractivity contribution in [3.8, 4) is 0 Å². The molecule has 0 amide bonds. The molecule has 0 bridgehead atoms. The molecule has 0 saturated heterocycles. The van der Waals surface area contributed by atoms with E-state index in [1.807, 2.05) is 52.5 Å². The van der Waals surface area contributed by atoms with E-state index in [1.54, 1.807) is 6.20 Å². The number of nitrogens with zero attached hydrogens (tertiary/aromatic N) is 5. The van der Waals surface area contributed by atoms with Gasteiger partial charge in [0.05, 0.1) is 6.20 Å². The molecule has 2 N–H and O–H groups in total. The van der Waals surface area contributed by atoms with Crippen LogP contribution in [0.4, 0.5) is 23.1 Å². The van der Waals surface area contributed by atoms with Crippen LogP contribution in [-0.4, -0.2) is 61.4 Å². The Balaban J connectivity index is 1.97. The average molecular weight is 301 g/mol. The van der Waals surface area contributed by atoms with Gasteiger partial charge in [-0.25, -0.2) is 0 Å². The lowest BCUT2D eigenvalue weighted by molar-refractivity contribution is 0.425. The van der Waals surface area contributed by atoms with Crippen LogP contribution in [0.15, 0.2) is 30.5 Å². The fourth-order valence-corrected chi connectivity index (χ4v) is 1.82. The first kappa shape index (κ1) is 16.0. The monoisotopic (exact) mass is 301 g/mol. The SMILES string of the molecule is CN(C)CCNc1cnnc(Nc2ccc(N(C)C)cc2)n1. The van der Waals surface area contributed by atoms with Crippen molar-refractivity contribution in [1.82, 2.24) is 20.1 Å². The molecule has 0 atom stereocenters. The number of likely N-dealkylation sites (N-methyl/N-ethyl adjacent to an activating group) is 1. The second kappa shape index (κ2) is 7.56. The third-order valence-electron chi connectivity index (χ3n) is 3.06. The van der Waals surface area contributed by atoms with Crippen molar-refractivity contribution < 1.29 is 0 Å². The lowest BCUT2D eigenvalue weighted by Gasteiger charge is -2.13. The van der Waals surface area contributed by atoms with E-state index in [2.05, 4.69) is 35.6 Å². The van der Waals surface area contributed by atoms with E-state index in [-0.39, 0.29) is 0 Å². The zero-order valence-electron chi connectivity index (χ0n) is 13.5. The van der Waals surface area contributed by atoms with Crippen LogP contribution < -0.4 is 15.5 Å². The Kier molecular flexibility index (Phi) is 5.48. The summed E-state index contributed by atoms with van der Waals surface area (Å²) in [5, 5.41) is 14.3. The molecule has 0 radical (unpaired) electrons. The minimum atomic E-state index is 0.479. The molecule has 0 unspecified atom stereocenters. The van der Waals surface area contributed by atoms with Crippen LogP contribution in [0, 0.1) is 0 Å². The molecule has 0 saturated carbocycles. The highest BCUT2D eigenvalue weighted by Crippen LogP contribution is 2.18. The van der Waals surface area contributed by atoms with Crippen molar-refractivity contribution in [2.24, 2.45) is 0 Å². The van der Waals surface area contributed by atoms with Crippen LogP contribution in [0.3, 0.4) is 0 Å². The van der Waals surface area contributed by atoms with Crippen molar-refractivity contribution in [1.29, 1.82) is 0 Å². The molecule has 0 aliphatic carbocycles. The van der Waals surface area contributed by atoms with E-state index in [9.17, 15) is 0 Å². The molecule has 0 aliphatic rings. The quantitative estimate of drug-likeness (QED) is 0.806. The number of benzene rings is 1. The van der Waals surface area contributed by atoms with Crippen LogP contribution in [0.1, 0.15) is 0 Å². The molecular formula is C15H23N7. The second-order valence-corrected chi connectivity index (χ2v) is 5.46. The molecule has 118 valence electrons. The van der Waals surface area contributed by atoms with Crippen LogP contribution in [0.2, 0.25) is 0 Å². The van der Waals surface area contributed by atoms with Crippen LogP contribution >= 0.6 is 0 Å². The van der Waals surface area contributed by atoms with Crippen LogP contribution in [0.25, 0.3) is 0 Å². The summed E-state index contributed by atoms with van der Waals surface area (Å²) in [7, 11) is 8.09. The van der Waals surface area contributed by atoms with Crippen molar-refractivity contribution in [3.05, 3.63) is 30.5 Å². The molecule has 0 aliphatic heterocycles. The molecule has 0 spiro atoms. The second-order valence-electron chi connectivity index (χ2n) is 5.46. The number of hydrogen-bond donors (Lipinski definition) is 2. The Labute approximate surface area is 131 Å². The first-order valence-corrected chi connectivity index (χ1v) is 7.17. The van der Waals surface area contributed by atoms with Gasteiger partial charge in [-0.3, -0.25) is 0 Å². The van der Waals surface area contributed by atoms with Gasteiger partial charge in [-0.15, -0.1) is 5.10 Å². The summed E-state index contributed by atoms with van der Waals surface area (Å²) >= 11 is 0. The maximum atomic E-state index is 4.40.